The second-order valence-electron chi connectivity index (χ2n) is 5.91. The molecule has 0 amide bonds. The number of fused-ring (bicyclic) bond motifs is 1. The van der Waals surface area contributed by atoms with Crippen LogP contribution in [0.4, 0.5) is 5.82 Å². The van der Waals surface area contributed by atoms with Gasteiger partial charge in [-0.1, -0.05) is 6.42 Å². The van der Waals surface area contributed by atoms with Gasteiger partial charge in [0, 0.05) is 18.3 Å². The maximum atomic E-state index is 6.02. The highest BCUT2D eigenvalue weighted by Crippen LogP contribution is 2.28. The van der Waals surface area contributed by atoms with Gasteiger partial charge in [-0.3, -0.25) is 0 Å². The normalized spacial score (nSPS) is 20.6. The summed E-state index contributed by atoms with van der Waals surface area (Å²) in [6.07, 6.45) is 5.46. The maximum absolute atomic E-state index is 6.02. The minimum absolute atomic E-state index is 0.589. The SMILES string of the molecule is Cc1c(C)n(CC2CCCCN2C)c2ncnc(N)c12. The number of anilines is 1. The van der Waals surface area contributed by atoms with E-state index in [9.17, 15) is 0 Å². The fourth-order valence-corrected chi connectivity index (χ4v) is 3.31. The summed E-state index contributed by atoms with van der Waals surface area (Å²) >= 11 is 0. The standard InChI is InChI=1S/C15H23N5/c1-10-11(2)20(8-12-6-4-5-7-19(12)3)15-13(10)14(16)17-9-18-15/h9,12H,4-8H2,1-3H3,(H2,16,17,18). The van der Waals surface area contributed by atoms with Crippen LogP contribution in [-0.4, -0.2) is 39.1 Å². The molecular weight excluding hydrogens is 250 g/mol. The Bertz CT molecular complexity index is 631. The van der Waals surface area contributed by atoms with Crippen molar-refractivity contribution in [1.82, 2.24) is 19.4 Å². The third-order valence-electron chi connectivity index (χ3n) is 4.75. The molecule has 1 unspecified atom stereocenters. The molecule has 1 aliphatic heterocycles. The Labute approximate surface area is 119 Å². The molecule has 1 saturated heterocycles. The van der Waals surface area contributed by atoms with Gasteiger partial charge in [-0.15, -0.1) is 0 Å². The topological polar surface area (TPSA) is 60.0 Å². The average molecular weight is 273 g/mol. The Morgan fingerprint density at radius 1 is 1.30 bits per heavy atom. The molecule has 2 aromatic rings. The van der Waals surface area contributed by atoms with Gasteiger partial charge in [-0.25, -0.2) is 9.97 Å². The van der Waals surface area contributed by atoms with E-state index in [1.165, 1.54) is 37.1 Å². The van der Waals surface area contributed by atoms with E-state index in [2.05, 4.69) is 40.3 Å². The number of likely N-dealkylation sites (tertiary alicyclic amines) is 1. The molecule has 108 valence electrons. The van der Waals surface area contributed by atoms with E-state index < -0.39 is 0 Å². The molecule has 5 nitrogen and oxygen atoms in total. The minimum Gasteiger partial charge on any atom is -0.383 e. The molecule has 0 saturated carbocycles. The highest BCUT2D eigenvalue weighted by Gasteiger charge is 2.22. The lowest BCUT2D eigenvalue weighted by atomic mass is 10.0. The first kappa shape index (κ1) is 13.4. The van der Waals surface area contributed by atoms with Crippen LogP contribution in [0.25, 0.3) is 11.0 Å². The number of aromatic nitrogens is 3. The predicted molar refractivity (Wildman–Crippen MR) is 81.7 cm³/mol. The van der Waals surface area contributed by atoms with Gasteiger partial charge in [0.2, 0.25) is 0 Å². The first-order chi connectivity index (χ1) is 9.59. The Kier molecular flexibility index (Phi) is 3.38. The first-order valence-corrected chi connectivity index (χ1v) is 7.35. The molecule has 0 bridgehead atoms. The van der Waals surface area contributed by atoms with Crippen molar-refractivity contribution in [2.24, 2.45) is 0 Å². The zero-order chi connectivity index (χ0) is 14.3. The predicted octanol–water partition coefficient (Wildman–Crippen LogP) is 2.11. The van der Waals surface area contributed by atoms with E-state index in [-0.39, 0.29) is 0 Å². The second kappa shape index (κ2) is 5.05. The van der Waals surface area contributed by atoms with Crippen LogP contribution in [0.3, 0.4) is 0 Å². The van der Waals surface area contributed by atoms with Gasteiger partial charge < -0.3 is 15.2 Å². The molecule has 1 atom stereocenters. The lowest BCUT2D eigenvalue weighted by Crippen LogP contribution is -2.39. The third kappa shape index (κ3) is 2.06. The van der Waals surface area contributed by atoms with Gasteiger partial charge in [-0.2, -0.15) is 0 Å². The van der Waals surface area contributed by atoms with Crippen LogP contribution in [0.15, 0.2) is 6.33 Å². The molecule has 2 aromatic heterocycles. The number of likely N-dealkylation sites (N-methyl/N-ethyl adjacent to an activating group) is 1. The summed E-state index contributed by atoms with van der Waals surface area (Å²) in [5, 5.41) is 1.02. The zero-order valence-electron chi connectivity index (χ0n) is 12.6. The summed E-state index contributed by atoms with van der Waals surface area (Å²) in [7, 11) is 2.22. The Hall–Kier alpha value is -1.62. The van der Waals surface area contributed by atoms with Crippen molar-refractivity contribution in [3.63, 3.8) is 0 Å². The largest absolute Gasteiger partial charge is 0.383 e. The van der Waals surface area contributed by atoms with Crippen LogP contribution in [0.5, 0.6) is 0 Å². The summed E-state index contributed by atoms with van der Waals surface area (Å²) in [5.41, 5.74) is 9.46. The summed E-state index contributed by atoms with van der Waals surface area (Å²) in [6, 6.07) is 0.591. The minimum atomic E-state index is 0.589. The molecule has 5 heteroatoms. The van der Waals surface area contributed by atoms with Gasteiger partial charge in [0.05, 0.1) is 5.39 Å². The number of rotatable bonds is 2. The molecule has 20 heavy (non-hydrogen) atoms. The Balaban J connectivity index is 2.03. The molecular formula is C15H23N5. The van der Waals surface area contributed by atoms with Crippen LogP contribution in [0, 0.1) is 13.8 Å². The van der Waals surface area contributed by atoms with Crippen molar-refractivity contribution < 1.29 is 0 Å². The fourth-order valence-electron chi connectivity index (χ4n) is 3.31. The molecule has 0 aliphatic carbocycles. The van der Waals surface area contributed by atoms with Gasteiger partial charge in [0.1, 0.15) is 17.8 Å². The van der Waals surface area contributed by atoms with Crippen LogP contribution >= 0.6 is 0 Å². The number of nitrogen functional groups attached to an aromatic ring is 1. The molecule has 1 aliphatic rings. The lowest BCUT2D eigenvalue weighted by Gasteiger charge is -2.33. The van der Waals surface area contributed by atoms with E-state index in [1.807, 2.05) is 0 Å². The molecule has 0 aromatic carbocycles. The van der Waals surface area contributed by atoms with E-state index in [0.29, 0.717) is 11.9 Å². The highest BCUT2D eigenvalue weighted by molar-refractivity contribution is 5.90. The van der Waals surface area contributed by atoms with Crippen LogP contribution in [-0.2, 0) is 6.54 Å². The average Bonchev–Trinajstić information content (AvgIpc) is 2.67. The van der Waals surface area contributed by atoms with Crippen LogP contribution in [0.1, 0.15) is 30.5 Å². The van der Waals surface area contributed by atoms with Crippen LogP contribution in [0.2, 0.25) is 0 Å². The van der Waals surface area contributed by atoms with E-state index >= 15 is 0 Å². The summed E-state index contributed by atoms with van der Waals surface area (Å²) < 4.78 is 2.31. The number of nitrogens with two attached hydrogens (primary N) is 1. The van der Waals surface area contributed by atoms with E-state index in [1.54, 1.807) is 6.33 Å². The van der Waals surface area contributed by atoms with Crippen molar-refractivity contribution in [3.8, 4) is 0 Å². The monoisotopic (exact) mass is 273 g/mol. The van der Waals surface area contributed by atoms with Crippen molar-refractivity contribution >= 4 is 16.9 Å². The van der Waals surface area contributed by atoms with Crippen LogP contribution < -0.4 is 5.73 Å². The molecule has 0 radical (unpaired) electrons. The lowest BCUT2D eigenvalue weighted by molar-refractivity contribution is 0.168. The molecule has 1 fully saturated rings. The first-order valence-electron chi connectivity index (χ1n) is 7.35. The Morgan fingerprint density at radius 2 is 2.10 bits per heavy atom. The van der Waals surface area contributed by atoms with Gasteiger partial charge in [0.15, 0.2) is 0 Å². The maximum Gasteiger partial charge on any atom is 0.145 e. The molecule has 0 spiro atoms. The number of hydrogen-bond acceptors (Lipinski definition) is 4. The summed E-state index contributed by atoms with van der Waals surface area (Å²) in [6.45, 7) is 6.44. The quantitative estimate of drug-likeness (QED) is 0.910. The Morgan fingerprint density at radius 3 is 2.85 bits per heavy atom. The second-order valence-corrected chi connectivity index (χ2v) is 5.91. The van der Waals surface area contributed by atoms with Crippen molar-refractivity contribution in [1.29, 1.82) is 0 Å². The van der Waals surface area contributed by atoms with Gasteiger partial charge in [-0.05, 0) is 45.8 Å². The zero-order valence-corrected chi connectivity index (χ0v) is 12.6. The number of nitrogens with zero attached hydrogens (tertiary/aromatic N) is 4. The summed E-state index contributed by atoms with van der Waals surface area (Å²) in [4.78, 5) is 11.1. The molecule has 2 N–H and O–H groups in total. The molecule has 3 heterocycles. The van der Waals surface area contributed by atoms with E-state index in [4.69, 9.17) is 5.73 Å². The van der Waals surface area contributed by atoms with Crippen molar-refractivity contribution in [2.75, 3.05) is 19.3 Å². The highest BCUT2D eigenvalue weighted by atomic mass is 15.2. The van der Waals surface area contributed by atoms with Crippen molar-refractivity contribution in [2.45, 2.75) is 45.7 Å². The fraction of sp³-hybridized carbons (Fsp3) is 0.600. The number of piperidine rings is 1. The number of aryl methyl sites for hydroxylation is 1. The van der Waals surface area contributed by atoms with E-state index in [0.717, 1.165) is 17.6 Å². The van der Waals surface area contributed by atoms with Crippen molar-refractivity contribution in [3.05, 3.63) is 17.6 Å². The third-order valence-corrected chi connectivity index (χ3v) is 4.75. The summed E-state index contributed by atoms with van der Waals surface area (Å²) in [5.74, 6) is 0.589. The smallest absolute Gasteiger partial charge is 0.145 e. The van der Waals surface area contributed by atoms with Gasteiger partial charge >= 0.3 is 0 Å². The van der Waals surface area contributed by atoms with Gasteiger partial charge in [0.25, 0.3) is 0 Å². The number of hydrogen-bond donors (Lipinski definition) is 1. The molecule has 3 rings (SSSR count).